The minimum absolute atomic E-state index is 0.0545. The van der Waals surface area contributed by atoms with Crippen LogP contribution in [0.2, 0.25) is 0 Å². The highest BCUT2D eigenvalue weighted by Gasteiger charge is 2.38. The molecule has 0 radical (unpaired) electrons. The Hall–Kier alpha value is -3.49. The number of allylic oxidation sites excluding steroid dienone is 7. The molecule has 118 valence electrons. The molecule has 5 nitrogen and oxygen atoms in total. The van der Waals surface area contributed by atoms with Crippen molar-refractivity contribution < 1.29 is 4.74 Å². The van der Waals surface area contributed by atoms with Crippen molar-refractivity contribution in [2.75, 3.05) is 7.05 Å². The van der Waals surface area contributed by atoms with Crippen molar-refractivity contribution in [3.05, 3.63) is 70.8 Å². The summed E-state index contributed by atoms with van der Waals surface area (Å²) in [7, 11) is 1.94. The molecular weight excluding hydrogens is 300 g/mol. The van der Waals surface area contributed by atoms with Crippen LogP contribution < -0.4 is 0 Å². The van der Waals surface area contributed by atoms with Gasteiger partial charge in [0.1, 0.15) is 29.4 Å². The van der Waals surface area contributed by atoms with Crippen molar-refractivity contribution in [3.63, 3.8) is 0 Å². The summed E-state index contributed by atoms with van der Waals surface area (Å²) in [6.07, 6.45) is 13.3. The first-order valence-corrected chi connectivity index (χ1v) is 7.28. The van der Waals surface area contributed by atoms with Crippen LogP contribution in [0.1, 0.15) is 13.8 Å². The molecule has 2 heterocycles. The Morgan fingerprint density at radius 1 is 1.17 bits per heavy atom. The van der Waals surface area contributed by atoms with Gasteiger partial charge in [0.25, 0.3) is 0 Å². The molecule has 0 unspecified atom stereocenters. The SMILES string of the molecule is CN1C=CC(=C/C=C/C2=C(C#N)C(=C(C#N)C#N)OC2(C)C)C=C1. The van der Waals surface area contributed by atoms with E-state index in [1.807, 2.05) is 48.7 Å². The van der Waals surface area contributed by atoms with Crippen molar-refractivity contribution in [3.8, 4) is 18.2 Å². The van der Waals surface area contributed by atoms with Gasteiger partial charge in [0.15, 0.2) is 11.3 Å². The van der Waals surface area contributed by atoms with Crippen molar-refractivity contribution in [1.82, 2.24) is 4.90 Å². The molecule has 5 heteroatoms. The monoisotopic (exact) mass is 316 g/mol. The molecule has 0 bridgehead atoms. The molecule has 0 saturated heterocycles. The summed E-state index contributed by atoms with van der Waals surface area (Å²) in [4.78, 5) is 1.94. The van der Waals surface area contributed by atoms with E-state index in [0.29, 0.717) is 5.57 Å². The lowest BCUT2D eigenvalue weighted by Gasteiger charge is -2.20. The molecule has 0 fully saturated rings. The molecule has 0 spiro atoms. The van der Waals surface area contributed by atoms with Gasteiger partial charge in [-0.05, 0) is 31.6 Å². The summed E-state index contributed by atoms with van der Waals surface area (Å²) in [5.41, 5.74) is 0.906. The fourth-order valence-corrected chi connectivity index (χ4v) is 2.36. The number of nitriles is 3. The lowest BCUT2D eigenvalue weighted by Crippen LogP contribution is -2.20. The van der Waals surface area contributed by atoms with E-state index in [0.717, 1.165) is 5.57 Å². The molecule has 2 aliphatic heterocycles. The van der Waals surface area contributed by atoms with E-state index in [-0.39, 0.29) is 16.9 Å². The standard InChI is InChI=1S/C19H16N4O/c1-19(2)17(6-4-5-14-7-9-23(3)10-8-14)16(13-22)18(24-19)15(11-20)12-21/h4-10H,1-3H3/b6-4+. The summed E-state index contributed by atoms with van der Waals surface area (Å²) in [6, 6.07) is 5.61. The molecule has 0 atom stereocenters. The van der Waals surface area contributed by atoms with Gasteiger partial charge in [-0.15, -0.1) is 0 Å². The Balaban J connectivity index is 2.42. The van der Waals surface area contributed by atoms with Gasteiger partial charge in [-0.3, -0.25) is 0 Å². The van der Waals surface area contributed by atoms with Gasteiger partial charge in [0.05, 0.1) is 0 Å². The van der Waals surface area contributed by atoms with E-state index in [4.69, 9.17) is 15.3 Å². The van der Waals surface area contributed by atoms with Crippen LogP contribution >= 0.6 is 0 Å². The highest BCUT2D eigenvalue weighted by atomic mass is 16.5. The molecule has 2 rings (SSSR count). The van der Waals surface area contributed by atoms with Crippen molar-refractivity contribution >= 4 is 0 Å². The van der Waals surface area contributed by atoms with Crippen molar-refractivity contribution in [2.45, 2.75) is 19.4 Å². The van der Waals surface area contributed by atoms with Gasteiger partial charge in [-0.2, -0.15) is 15.8 Å². The molecule has 0 amide bonds. The van der Waals surface area contributed by atoms with Gasteiger partial charge >= 0.3 is 0 Å². The van der Waals surface area contributed by atoms with Gasteiger partial charge in [0.2, 0.25) is 0 Å². The van der Waals surface area contributed by atoms with Crippen LogP contribution in [0.25, 0.3) is 0 Å². The zero-order valence-electron chi connectivity index (χ0n) is 13.7. The second-order valence-electron chi connectivity index (χ2n) is 5.76. The minimum atomic E-state index is -0.785. The van der Waals surface area contributed by atoms with Gasteiger partial charge in [0, 0.05) is 25.0 Å². The van der Waals surface area contributed by atoms with Crippen molar-refractivity contribution in [1.29, 1.82) is 15.8 Å². The molecule has 0 aliphatic carbocycles. The molecule has 0 saturated carbocycles. The third-order valence-electron chi connectivity index (χ3n) is 3.62. The van der Waals surface area contributed by atoms with Crippen LogP contribution in [-0.2, 0) is 4.74 Å². The van der Waals surface area contributed by atoms with Crippen molar-refractivity contribution in [2.24, 2.45) is 0 Å². The maximum atomic E-state index is 9.44. The highest BCUT2D eigenvalue weighted by Crippen LogP contribution is 2.40. The van der Waals surface area contributed by atoms with Gasteiger partial charge < -0.3 is 9.64 Å². The van der Waals surface area contributed by atoms with E-state index in [9.17, 15) is 5.26 Å². The summed E-state index contributed by atoms with van der Waals surface area (Å²) >= 11 is 0. The molecule has 0 aromatic carbocycles. The maximum absolute atomic E-state index is 9.44. The highest BCUT2D eigenvalue weighted by molar-refractivity contribution is 5.60. The smallest absolute Gasteiger partial charge is 0.172 e. The first-order chi connectivity index (χ1) is 11.4. The fraction of sp³-hybridized carbons (Fsp3) is 0.211. The molecule has 0 aromatic rings. The minimum Gasteiger partial charge on any atom is -0.480 e. The number of hydrogen-bond donors (Lipinski definition) is 0. The number of hydrogen-bond acceptors (Lipinski definition) is 5. The zero-order chi connectivity index (χ0) is 17.7. The number of nitrogens with zero attached hydrogens (tertiary/aromatic N) is 4. The summed E-state index contributed by atoms with van der Waals surface area (Å²) in [6.45, 7) is 3.60. The van der Waals surface area contributed by atoms with Crippen LogP contribution in [0, 0.1) is 34.0 Å². The average Bonchev–Trinajstić information content (AvgIpc) is 2.81. The van der Waals surface area contributed by atoms with E-state index in [1.54, 1.807) is 32.1 Å². The van der Waals surface area contributed by atoms with E-state index in [1.165, 1.54) is 0 Å². The Kier molecular flexibility index (Phi) is 4.73. The fourth-order valence-electron chi connectivity index (χ4n) is 2.36. The van der Waals surface area contributed by atoms with E-state index in [2.05, 4.69) is 6.07 Å². The second kappa shape index (κ2) is 6.73. The predicted octanol–water partition coefficient (Wildman–Crippen LogP) is 3.37. The topological polar surface area (TPSA) is 83.8 Å². The molecule has 0 aromatic heterocycles. The number of rotatable bonds is 2. The summed E-state index contributed by atoms with van der Waals surface area (Å²) in [5, 5.41) is 27.5. The first-order valence-electron chi connectivity index (χ1n) is 7.28. The predicted molar refractivity (Wildman–Crippen MR) is 89.3 cm³/mol. The average molecular weight is 316 g/mol. The maximum Gasteiger partial charge on any atom is 0.172 e. The Bertz CT molecular complexity index is 827. The molecule has 0 N–H and O–H groups in total. The normalized spacial score (nSPS) is 18.2. The van der Waals surface area contributed by atoms with Crippen LogP contribution in [0.15, 0.2) is 70.8 Å². The Morgan fingerprint density at radius 2 is 1.79 bits per heavy atom. The third-order valence-corrected chi connectivity index (χ3v) is 3.62. The largest absolute Gasteiger partial charge is 0.480 e. The van der Waals surface area contributed by atoms with E-state index >= 15 is 0 Å². The quantitative estimate of drug-likeness (QED) is 0.729. The van der Waals surface area contributed by atoms with Crippen LogP contribution in [-0.4, -0.2) is 17.5 Å². The lowest BCUT2D eigenvalue weighted by molar-refractivity contribution is 0.0954. The van der Waals surface area contributed by atoms with Gasteiger partial charge in [-0.1, -0.05) is 18.2 Å². The molecule has 2 aliphatic rings. The Morgan fingerprint density at radius 3 is 2.33 bits per heavy atom. The van der Waals surface area contributed by atoms with Gasteiger partial charge in [-0.25, -0.2) is 0 Å². The van der Waals surface area contributed by atoms with Crippen LogP contribution in [0.5, 0.6) is 0 Å². The van der Waals surface area contributed by atoms with Crippen LogP contribution in [0.4, 0.5) is 0 Å². The Labute approximate surface area is 141 Å². The van der Waals surface area contributed by atoms with Crippen LogP contribution in [0.3, 0.4) is 0 Å². The third kappa shape index (κ3) is 3.29. The summed E-state index contributed by atoms with van der Waals surface area (Å²) in [5.74, 6) is 0.0545. The summed E-state index contributed by atoms with van der Waals surface area (Å²) < 4.78 is 5.70. The zero-order valence-corrected chi connectivity index (χ0v) is 13.7. The van der Waals surface area contributed by atoms with E-state index < -0.39 is 5.60 Å². The second-order valence-corrected chi connectivity index (χ2v) is 5.76. The lowest BCUT2D eigenvalue weighted by atomic mass is 9.94. The number of ether oxygens (including phenoxy) is 1. The molecular formula is C19H16N4O. The first kappa shape index (κ1) is 16.9. The molecule has 24 heavy (non-hydrogen) atoms.